The molecule has 0 unspecified atom stereocenters. The zero-order chi connectivity index (χ0) is 16.8. The maximum atomic E-state index is 12.9. The van der Waals surface area contributed by atoms with Crippen molar-refractivity contribution in [2.75, 3.05) is 0 Å². The van der Waals surface area contributed by atoms with Crippen LogP contribution in [0.4, 0.5) is 4.39 Å². The summed E-state index contributed by atoms with van der Waals surface area (Å²) in [5, 5.41) is 8.42. The highest BCUT2D eigenvalue weighted by Crippen LogP contribution is 2.22. The highest BCUT2D eigenvalue weighted by molar-refractivity contribution is 7.98. The molecule has 0 aliphatic carbocycles. The van der Waals surface area contributed by atoms with Gasteiger partial charge < -0.3 is 9.15 Å². The van der Waals surface area contributed by atoms with Crippen LogP contribution in [0.25, 0.3) is 0 Å². The van der Waals surface area contributed by atoms with Crippen molar-refractivity contribution < 1.29 is 13.5 Å². The van der Waals surface area contributed by atoms with E-state index in [2.05, 4.69) is 17.1 Å². The molecule has 0 fully saturated rings. The van der Waals surface area contributed by atoms with E-state index in [1.165, 1.54) is 29.5 Å². The smallest absolute Gasteiger partial charge is 0.277 e. The highest BCUT2D eigenvalue weighted by Gasteiger charge is 2.08. The summed E-state index contributed by atoms with van der Waals surface area (Å²) in [5.74, 6) is 1.59. The van der Waals surface area contributed by atoms with Gasteiger partial charge >= 0.3 is 0 Å². The number of hydrogen-bond acceptors (Lipinski definition) is 5. The van der Waals surface area contributed by atoms with Crippen LogP contribution in [0.15, 0.2) is 58.2 Å². The zero-order valence-electron chi connectivity index (χ0n) is 13.2. The lowest BCUT2D eigenvalue weighted by atomic mass is 10.2. The fourth-order valence-corrected chi connectivity index (χ4v) is 2.78. The molecule has 24 heavy (non-hydrogen) atoms. The first kappa shape index (κ1) is 16.5. The Morgan fingerprint density at radius 3 is 2.42 bits per heavy atom. The molecule has 1 heterocycles. The van der Waals surface area contributed by atoms with Gasteiger partial charge in [-0.2, -0.15) is 0 Å². The number of benzene rings is 2. The fourth-order valence-electron chi connectivity index (χ4n) is 2.05. The molecule has 0 saturated carbocycles. The molecule has 3 rings (SSSR count). The molecule has 2 aromatic carbocycles. The Hall–Kier alpha value is -2.34. The molecule has 0 spiro atoms. The predicted molar refractivity (Wildman–Crippen MR) is 90.4 cm³/mol. The van der Waals surface area contributed by atoms with E-state index < -0.39 is 0 Å². The van der Waals surface area contributed by atoms with Crippen LogP contribution in [0.1, 0.15) is 23.9 Å². The molecule has 0 amide bonds. The quantitative estimate of drug-likeness (QED) is 0.584. The van der Waals surface area contributed by atoms with Crippen LogP contribution in [0.3, 0.4) is 0 Å². The van der Waals surface area contributed by atoms with Crippen molar-refractivity contribution in [3.63, 3.8) is 0 Å². The first-order valence-corrected chi connectivity index (χ1v) is 8.63. The van der Waals surface area contributed by atoms with E-state index in [0.717, 1.165) is 17.7 Å². The van der Waals surface area contributed by atoms with Crippen LogP contribution in [0, 0.1) is 5.82 Å². The minimum atomic E-state index is -0.243. The molecular weight excluding hydrogens is 327 g/mol. The number of rotatable bonds is 7. The molecule has 0 atom stereocenters. The van der Waals surface area contributed by atoms with E-state index in [0.29, 0.717) is 16.9 Å². The van der Waals surface area contributed by atoms with Gasteiger partial charge in [0.05, 0.1) is 0 Å². The van der Waals surface area contributed by atoms with Crippen LogP contribution in [0.5, 0.6) is 5.75 Å². The summed E-state index contributed by atoms with van der Waals surface area (Å²) in [6.07, 6.45) is 0.999. The van der Waals surface area contributed by atoms with Gasteiger partial charge in [-0.1, -0.05) is 43.0 Å². The maximum Gasteiger partial charge on any atom is 0.277 e. The topological polar surface area (TPSA) is 48.2 Å². The van der Waals surface area contributed by atoms with E-state index >= 15 is 0 Å². The Morgan fingerprint density at radius 1 is 1.00 bits per heavy atom. The van der Waals surface area contributed by atoms with E-state index in [-0.39, 0.29) is 12.4 Å². The van der Waals surface area contributed by atoms with Crippen LogP contribution in [-0.2, 0) is 18.8 Å². The van der Waals surface area contributed by atoms with Crippen molar-refractivity contribution in [1.82, 2.24) is 10.2 Å². The van der Waals surface area contributed by atoms with Crippen LogP contribution in [-0.4, -0.2) is 10.2 Å². The molecule has 0 aliphatic heterocycles. The number of nitrogens with zero attached hydrogens (tertiary/aromatic N) is 2. The minimum Gasteiger partial charge on any atom is -0.484 e. The van der Waals surface area contributed by atoms with Gasteiger partial charge in [-0.25, -0.2) is 4.39 Å². The number of halogens is 1. The van der Waals surface area contributed by atoms with Crippen LogP contribution in [0.2, 0.25) is 0 Å². The SMILES string of the molecule is CCc1ccc(OCc2nnc(SCc3ccc(F)cc3)o2)cc1. The Labute approximate surface area is 144 Å². The molecule has 3 aromatic rings. The zero-order valence-corrected chi connectivity index (χ0v) is 14.1. The van der Waals surface area contributed by atoms with Crippen molar-refractivity contribution >= 4 is 11.8 Å². The summed E-state index contributed by atoms with van der Waals surface area (Å²) in [6, 6.07) is 14.3. The van der Waals surface area contributed by atoms with Crippen molar-refractivity contribution in [3.8, 4) is 5.75 Å². The van der Waals surface area contributed by atoms with Gasteiger partial charge in [0.2, 0.25) is 0 Å². The molecular formula is C18H17FN2O2S. The third kappa shape index (κ3) is 4.58. The highest BCUT2D eigenvalue weighted by atomic mass is 32.2. The monoisotopic (exact) mass is 344 g/mol. The Balaban J connectivity index is 1.50. The second-order valence-electron chi connectivity index (χ2n) is 5.16. The molecule has 0 N–H and O–H groups in total. The molecule has 0 saturated heterocycles. The average molecular weight is 344 g/mol. The Bertz CT molecular complexity index is 772. The number of ether oxygens (including phenoxy) is 1. The average Bonchev–Trinajstić information content (AvgIpc) is 3.08. The van der Waals surface area contributed by atoms with E-state index in [4.69, 9.17) is 9.15 Å². The van der Waals surface area contributed by atoms with Crippen molar-refractivity contribution in [2.24, 2.45) is 0 Å². The standard InChI is InChI=1S/C18H17FN2O2S/c1-2-13-5-9-16(10-6-13)22-11-17-20-21-18(23-17)24-12-14-3-7-15(19)8-4-14/h3-10H,2,11-12H2,1H3. The molecule has 6 heteroatoms. The third-order valence-electron chi connectivity index (χ3n) is 3.42. The summed E-state index contributed by atoms with van der Waals surface area (Å²) < 4.78 is 24.0. The van der Waals surface area contributed by atoms with Crippen LogP contribution < -0.4 is 4.74 Å². The molecule has 1 aromatic heterocycles. The predicted octanol–water partition coefficient (Wildman–Crippen LogP) is 4.64. The van der Waals surface area contributed by atoms with E-state index in [9.17, 15) is 4.39 Å². The van der Waals surface area contributed by atoms with Gasteiger partial charge in [0, 0.05) is 5.75 Å². The Kier molecular flexibility index (Phi) is 5.48. The summed E-state index contributed by atoms with van der Waals surface area (Å²) in [7, 11) is 0. The normalized spacial score (nSPS) is 10.8. The van der Waals surface area contributed by atoms with E-state index in [1.807, 2.05) is 24.3 Å². The van der Waals surface area contributed by atoms with Gasteiger partial charge in [-0.15, -0.1) is 10.2 Å². The van der Waals surface area contributed by atoms with Gasteiger partial charge in [0.1, 0.15) is 11.6 Å². The summed E-state index contributed by atoms with van der Waals surface area (Å²) >= 11 is 1.41. The largest absolute Gasteiger partial charge is 0.484 e. The first-order valence-electron chi connectivity index (χ1n) is 7.64. The Morgan fingerprint density at radius 2 is 1.71 bits per heavy atom. The lowest BCUT2D eigenvalue weighted by molar-refractivity contribution is 0.252. The third-order valence-corrected chi connectivity index (χ3v) is 4.31. The van der Waals surface area contributed by atoms with Gasteiger partial charge in [-0.3, -0.25) is 0 Å². The molecule has 0 bridgehead atoms. The van der Waals surface area contributed by atoms with Gasteiger partial charge in [0.15, 0.2) is 6.61 Å². The second-order valence-corrected chi connectivity index (χ2v) is 6.09. The lowest BCUT2D eigenvalue weighted by Crippen LogP contribution is -1.95. The molecule has 4 nitrogen and oxygen atoms in total. The van der Waals surface area contributed by atoms with Crippen molar-refractivity contribution in [1.29, 1.82) is 0 Å². The van der Waals surface area contributed by atoms with Crippen molar-refractivity contribution in [2.45, 2.75) is 30.9 Å². The number of hydrogen-bond donors (Lipinski definition) is 0. The van der Waals surface area contributed by atoms with Crippen LogP contribution >= 0.6 is 11.8 Å². The van der Waals surface area contributed by atoms with E-state index in [1.54, 1.807) is 12.1 Å². The number of aryl methyl sites for hydroxylation is 1. The molecule has 0 radical (unpaired) electrons. The minimum absolute atomic E-state index is 0.232. The fraction of sp³-hybridized carbons (Fsp3) is 0.222. The second kappa shape index (κ2) is 7.97. The molecule has 0 aliphatic rings. The summed E-state index contributed by atoms with van der Waals surface area (Å²) in [4.78, 5) is 0. The molecule has 124 valence electrons. The summed E-state index contributed by atoms with van der Waals surface area (Å²) in [6.45, 7) is 2.34. The number of thioether (sulfide) groups is 1. The lowest BCUT2D eigenvalue weighted by Gasteiger charge is -2.03. The summed E-state index contributed by atoms with van der Waals surface area (Å²) in [5.41, 5.74) is 2.26. The van der Waals surface area contributed by atoms with Gasteiger partial charge in [0.25, 0.3) is 11.1 Å². The van der Waals surface area contributed by atoms with Gasteiger partial charge in [-0.05, 0) is 41.8 Å². The van der Waals surface area contributed by atoms with Crippen molar-refractivity contribution in [3.05, 3.63) is 71.4 Å². The first-order chi connectivity index (χ1) is 11.7. The number of aromatic nitrogens is 2. The maximum absolute atomic E-state index is 12.9.